The van der Waals surface area contributed by atoms with Gasteiger partial charge >= 0.3 is 6.18 Å². The van der Waals surface area contributed by atoms with Gasteiger partial charge in [-0.15, -0.1) is 0 Å². The van der Waals surface area contributed by atoms with Crippen molar-refractivity contribution >= 4 is 17.4 Å². The Kier molecular flexibility index (Phi) is 5.69. The SMILES string of the molecule is CN(C)/C=C/C(=O)c1cccc(Oc2ncc(C(F)(F)F)cc2Cl)c1. The summed E-state index contributed by atoms with van der Waals surface area (Å²) in [6, 6.07) is 6.92. The van der Waals surface area contributed by atoms with Crippen molar-refractivity contribution in [3.63, 3.8) is 0 Å². The summed E-state index contributed by atoms with van der Waals surface area (Å²) in [7, 11) is 3.56. The maximum atomic E-state index is 12.6. The average Bonchev–Trinajstić information content (AvgIpc) is 2.53. The first-order valence-electron chi connectivity index (χ1n) is 7.06. The van der Waals surface area contributed by atoms with Gasteiger partial charge in [-0.1, -0.05) is 23.7 Å². The van der Waals surface area contributed by atoms with Crippen LogP contribution in [0.2, 0.25) is 5.02 Å². The van der Waals surface area contributed by atoms with Gasteiger partial charge in [0.1, 0.15) is 10.8 Å². The van der Waals surface area contributed by atoms with E-state index in [0.29, 0.717) is 11.8 Å². The largest absolute Gasteiger partial charge is 0.438 e. The summed E-state index contributed by atoms with van der Waals surface area (Å²) in [5.41, 5.74) is -0.610. The van der Waals surface area contributed by atoms with E-state index >= 15 is 0 Å². The topological polar surface area (TPSA) is 42.4 Å². The maximum Gasteiger partial charge on any atom is 0.417 e. The van der Waals surface area contributed by atoms with Crippen LogP contribution in [0.25, 0.3) is 0 Å². The van der Waals surface area contributed by atoms with Crippen molar-refractivity contribution < 1.29 is 22.7 Å². The summed E-state index contributed by atoms with van der Waals surface area (Å²) in [6.07, 6.45) is -0.914. The van der Waals surface area contributed by atoms with Gasteiger partial charge in [0.15, 0.2) is 5.78 Å². The van der Waals surface area contributed by atoms with E-state index in [9.17, 15) is 18.0 Å². The normalized spacial score (nSPS) is 11.6. The summed E-state index contributed by atoms with van der Waals surface area (Å²) in [5, 5.41) is -0.279. The average molecular weight is 371 g/mol. The van der Waals surface area contributed by atoms with E-state index in [1.807, 2.05) is 0 Å². The minimum Gasteiger partial charge on any atom is -0.438 e. The van der Waals surface area contributed by atoms with Crippen LogP contribution in [0.4, 0.5) is 13.2 Å². The predicted molar refractivity (Wildman–Crippen MR) is 87.9 cm³/mol. The molecule has 0 saturated heterocycles. The van der Waals surface area contributed by atoms with Crippen LogP contribution in [0.5, 0.6) is 11.6 Å². The van der Waals surface area contributed by atoms with Crippen molar-refractivity contribution in [2.45, 2.75) is 6.18 Å². The predicted octanol–water partition coefficient (Wildman–Crippen LogP) is 4.80. The third-order valence-electron chi connectivity index (χ3n) is 2.99. The molecule has 25 heavy (non-hydrogen) atoms. The van der Waals surface area contributed by atoms with Gasteiger partial charge in [0.25, 0.3) is 0 Å². The van der Waals surface area contributed by atoms with Gasteiger partial charge in [-0.3, -0.25) is 4.79 Å². The van der Waals surface area contributed by atoms with E-state index in [2.05, 4.69) is 4.98 Å². The van der Waals surface area contributed by atoms with Crippen LogP contribution in [0.15, 0.2) is 48.8 Å². The Labute approximate surface area is 147 Å². The van der Waals surface area contributed by atoms with E-state index in [1.165, 1.54) is 12.1 Å². The van der Waals surface area contributed by atoms with Gasteiger partial charge < -0.3 is 9.64 Å². The highest BCUT2D eigenvalue weighted by Gasteiger charge is 2.31. The Balaban J connectivity index is 2.21. The molecule has 2 aromatic rings. The third-order valence-corrected chi connectivity index (χ3v) is 3.26. The number of ketones is 1. The molecule has 0 bridgehead atoms. The van der Waals surface area contributed by atoms with Gasteiger partial charge in [-0.2, -0.15) is 13.2 Å². The highest BCUT2D eigenvalue weighted by atomic mass is 35.5. The number of hydrogen-bond donors (Lipinski definition) is 0. The van der Waals surface area contributed by atoms with Crippen LogP contribution >= 0.6 is 11.6 Å². The molecule has 1 aromatic carbocycles. The fraction of sp³-hybridized carbons (Fsp3) is 0.176. The number of aromatic nitrogens is 1. The second-order valence-electron chi connectivity index (χ2n) is 5.28. The molecule has 0 aliphatic heterocycles. The number of pyridine rings is 1. The summed E-state index contributed by atoms with van der Waals surface area (Å²) in [6.45, 7) is 0. The van der Waals surface area contributed by atoms with Crippen LogP contribution in [0.3, 0.4) is 0 Å². The molecule has 4 nitrogen and oxygen atoms in total. The fourth-order valence-corrected chi connectivity index (χ4v) is 2.00. The number of alkyl halides is 3. The smallest absolute Gasteiger partial charge is 0.417 e. The molecule has 132 valence electrons. The zero-order valence-corrected chi connectivity index (χ0v) is 14.1. The van der Waals surface area contributed by atoms with Crippen LogP contribution in [0.1, 0.15) is 15.9 Å². The van der Waals surface area contributed by atoms with Crippen LogP contribution < -0.4 is 4.74 Å². The van der Waals surface area contributed by atoms with Gasteiger partial charge in [-0.05, 0) is 18.2 Å². The summed E-state index contributed by atoms with van der Waals surface area (Å²) in [5.74, 6) is -0.188. The maximum absolute atomic E-state index is 12.6. The number of ether oxygens (including phenoxy) is 1. The van der Waals surface area contributed by atoms with Crippen LogP contribution in [-0.4, -0.2) is 29.8 Å². The van der Waals surface area contributed by atoms with E-state index in [1.54, 1.807) is 43.4 Å². The number of carbonyl (C=O) groups excluding carboxylic acids is 1. The first-order chi connectivity index (χ1) is 11.7. The Hall–Kier alpha value is -2.54. The molecule has 1 aromatic heterocycles. The van der Waals surface area contributed by atoms with Gasteiger partial charge in [-0.25, -0.2) is 4.98 Å². The molecule has 0 spiro atoms. The molecule has 0 amide bonds. The van der Waals surface area contributed by atoms with Crippen molar-refractivity contribution in [2.75, 3.05) is 14.1 Å². The second kappa shape index (κ2) is 7.57. The van der Waals surface area contributed by atoms with Crippen LogP contribution in [0, 0.1) is 0 Å². The van der Waals surface area contributed by atoms with E-state index in [0.717, 1.165) is 6.07 Å². The lowest BCUT2D eigenvalue weighted by Crippen LogP contribution is -2.06. The highest BCUT2D eigenvalue weighted by molar-refractivity contribution is 6.31. The number of allylic oxidation sites excluding steroid dienone is 1. The zero-order chi connectivity index (χ0) is 18.6. The Morgan fingerprint density at radius 3 is 2.60 bits per heavy atom. The lowest BCUT2D eigenvalue weighted by Gasteiger charge is -2.10. The number of halogens is 4. The molecule has 0 fully saturated rings. The molecule has 0 saturated carbocycles. The number of benzene rings is 1. The van der Waals surface area contributed by atoms with Crippen molar-refractivity contribution in [1.29, 1.82) is 0 Å². The molecule has 0 unspecified atom stereocenters. The zero-order valence-electron chi connectivity index (χ0n) is 13.3. The first kappa shape index (κ1) is 18.8. The minimum absolute atomic E-state index is 0.178. The molecule has 0 aliphatic carbocycles. The molecule has 0 aliphatic rings. The first-order valence-corrected chi connectivity index (χ1v) is 7.44. The van der Waals surface area contributed by atoms with Crippen molar-refractivity contribution in [1.82, 2.24) is 9.88 Å². The highest BCUT2D eigenvalue weighted by Crippen LogP contribution is 2.34. The van der Waals surface area contributed by atoms with E-state index < -0.39 is 11.7 Å². The van der Waals surface area contributed by atoms with Crippen molar-refractivity contribution in [2.24, 2.45) is 0 Å². The summed E-state index contributed by atoms with van der Waals surface area (Å²) >= 11 is 5.80. The monoisotopic (exact) mass is 370 g/mol. The molecular formula is C17H14ClF3N2O2. The Morgan fingerprint density at radius 2 is 2.00 bits per heavy atom. The third kappa shape index (κ3) is 5.22. The number of carbonyl (C=O) groups is 1. The van der Waals surface area contributed by atoms with Crippen molar-refractivity contribution in [3.8, 4) is 11.6 Å². The molecular weight excluding hydrogens is 357 g/mol. The molecule has 8 heteroatoms. The molecule has 1 heterocycles. The standard InChI is InChI=1S/C17H14ClF3N2O2/c1-23(2)7-6-15(24)11-4-3-5-13(8-11)25-16-14(18)9-12(10-22-16)17(19,20)21/h3-10H,1-2H3/b7-6+. The second-order valence-corrected chi connectivity index (χ2v) is 5.69. The van der Waals surface area contributed by atoms with Gasteiger partial charge in [0.2, 0.25) is 5.88 Å². The fourth-order valence-electron chi connectivity index (χ4n) is 1.79. The van der Waals surface area contributed by atoms with Gasteiger partial charge in [0.05, 0.1) is 5.56 Å². The minimum atomic E-state index is -4.54. The van der Waals surface area contributed by atoms with E-state index in [4.69, 9.17) is 16.3 Å². The lowest BCUT2D eigenvalue weighted by atomic mass is 10.1. The lowest BCUT2D eigenvalue weighted by molar-refractivity contribution is -0.137. The number of hydrogen-bond acceptors (Lipinski definition) is 4. The quantitative estimate of drug-likeness (QED) is 0.560. The molecule has 0 radical (unpaired) electrons. The van der Waals surface area contributed by atoms with Crippen LogP contribution in [-0.2, 0) is 6.18 Å². The Morgan fingerprint density at radius 1 is 1.28 bits per heavy atom. The number of rotatable bonds is 5. The van der Waals surface area contributed by atoms with Crippen molar-refractivity contribution in [3.05, 3.63) is 65.0 Å². The molecule has 0 N–H and O–H groups in total. The molecule has 2 rings (SSSR count). The summed E-state index contributed by atoms with van der Waals surface area (Å²) in [4.78, 5) is 17.3. The Bertz CT molecular complexity index is 805. The van der Waals surface area contributed by atoms with Gasteiger partial charge in [0, 0.05) is 38.1 Å². The molecule has 0 atom stereocenters. The summed E-state index contributed by atoms with van der Waals surface area (Å²) < 4.78 is 43.2. The number of nitrogens with zero attached hydrogens (tertiary/aromatic N) is 2. The van der Waals surface area contributed by atoms with E-state index in [-0.39, 0.29) is 22.4 Å².